The van der Waals surface area contributed by atoms with E-state index in [1.807, 2.05) is 0 Å². The molecule has 2 N–H and O–H groups in total. The third kappa shape index (κ3) is 16.6. The van der Waals surface area contributed by atoms with Gasteiger partial charge in [-0.3, -0.25) is 14.4 Å². The maximum atomic E-state index is 11.6. The zero-order chi connectivity index (χ0) is 15.9. The summed E-state index contributed by atoms with van der Waals surface area (Å²) in [5.74, 6) is -1.23. The van der Waals surface area contributed by atoms with Gasteiger partial charge in [0.25, 0.3) is 0 Å². The van der Waals surface area contributed by atoms with E-state index >= 15 is 0 Å². The van der Waals surface area contributed by atoms with Crippen LogP contribution in [0.15, 0.2) is 0 Å². The molecule has 0 unspecified atom stereocenters. The molecule has 0 aromatic rings. The number of rotatable bonds is 15. The van der Waals surface area contributed by atoms with E-state index in [0.717, 1.165) is 51.4 Å². The maximum absolute atomic E-state index is 11.6. The van der Waals surface area contributed by atoms with E-state index in [1.54, 1.807) is 0 Å². The lowest BCUT2D eigenvalue weighted by atomic mass is 10.0. The van der Waals surface area contributed by atoms with E-state index in [1.165, 1.54) is 0 Å². The van der Waals surface area contributed by atoms with Gasteiger partial charge in [-0.05, 0) is 25.7 Å². The number of ketones is 1. The Balaban J connectivity index is 3.23. The molecule has 0 aliphatic rings. The van der Waals surface area contributed by atoms with Gasteiger partial charge in [0, 0.05) is 25.7 Å². The molecule has 0 amide bonds. The molecule has 0 heterocycles. The van der Waals surface area contributed by atoms with Crippen molar-refractivity contribution in [2.75, 3.05) is 0 Å². The number of unbranched alkanes of at least 4 members (excludes halogenated alkanes) is 7. The first-order chi connectivity index (χ1) is 10.0. The summed E-state index contributed by atoms with van der Waals surface area (Å²) in [4.78, 5) is 32.2. The van der Waals surface area contributed by atoms with Crippen molar-refractivity contribution in [3.8, 4) is 0 Å². The van der Waals surface area contributed by atoms with Gasteiger partial charge in [-0.15, -0.1) is 0 Å². The highest BCUT2D eigenvalue weighted by Crippen LogP contribution is 2.11. The molecule has 0 bridgehead atoms. The average molecular weight is 300 g/mol. The van der Waals surface area contributed by atoms with E-state index in [2.05, 4.69) is 0 Å². The number of carbonyl (C=O) groups excluding carboxylic acids is 1. The zero-order valence-electron chi connectivity index (χ0n) is 12.8. The first kappa shape index (κ1) is 19.6. The molecule has 5 heteroatoms. The van der Waals surface area contributed by atoms with E-state index in [9.17, 15) is 14.4 Å². The summed E-state index contributed by atoms with van der Waals surface area (Å²) in [5, 5.41) is 17.0. The smallest absolute Gasteiger partial charge is 0.303 e. The predicted octanol–water partition coefficient (Wildman–Crippen LogP) is 3.80. The van der Waals surface area contributed by atoms with Crippen LogP contribution in [0.5, 0.6) is 0 Å². The van der Waals surface area contributed by atoms with Crippen LogP contribution in [-0.2, 0) is 14.4 Å². The monoisotopic (exact) mass is 300 g/mol. The number of Topliss-reactive ketones (excluding diaryl/α,β-unsaturated/α-hetero) is 1. The zero-order valence-corrected chi connectivity index (χ0v) is 12.8. The Morgan fingerprint density at radius 2 is 0.762 bits per heavy atom. The second-order valence-electron chi connectivity index (χ2n) is 5.51. The Bertz CT molecular complexity index is 312. The second-order valence-corrected chi connectivity index (χ2v) is 5.51. The summed E-state index contributed by atoms with van der Waals surface area (Å²) in [6.45, 7) is 0. The third-order valence-corrected chi connectivity index (χ3v) is 3.44. The topological polar surface area (TPSA) is 91.7 Å². The summed E-state index contributed by atoms with van der Waals surface area (Å²) < 4.78 is 0. The Morgan fingerprint density at radius 3 is 1.14 bits per heavy atom. The van der Waals surface area contributed by atoms with Crippen LogP contribution in [0.3, 0.4) is 0 Å². The molecule has 0 aliphatic heterocycles. The fourth-order valence-electron chi connectivity index (χ4n) is 2.21. The lowest BCUT2D eigenvalue weighted by Gasteiger charge is -2.02. The largest absolute Gasteiger partial charge is 0.481 e. The molecule has 0 saturated heterocycles. The van der Waals surface area contributed by atoms with Crippen LogP contribution in [-0.4, -0.2) is 27.9 Å². The number of carboxylic acid groups (broad SMARTS) is 2. The van der Waals surface area contributed by atoms with Crippen LogP contribution < -0.4 is 0 Å². The molecule has 0 saturated carbocycles. The van der Waals surface area contributed by atoms with Crippen molar-refractivity contribution >= 4 is 17.7 Å². The van der Waals surface area contributed by atoms with Gasteiger partial charge in [-0.2, -0.15) is 0 Å². The first-order valence-electron chi connectivity index (χ1n) is 7.97. The number of aliphatic carboxylic acids is 2. The van der Waals surface area contributed by atoms with Crippen molar-refractivity contribution in [3.63, 3.8) is 0 Å². The van der Waals surface area contributed by atoms with Crippen LogP contribution in [0.2, 0.25) is 0 Å². The van der Waals surface area contributed by atoms with E-state index in [4.69, 9.17) is 10.2 Å². The van der Waals surface area contributed by atoms with Gasteiger partial charge < -0.3 is 10.2 Å². The van der Waals surface area contributed by atoms with Crippen LogP contribution in [0.4, 0.5) is 0 Å². The van der Waals surface area contributed by atoms with Gasteiger partial charge >= 0.3 is 11.9 Å². The number of hydrogen-bond donors (Lipinski definition) is 2. The van der Waals surface area contributed by atoms with Crippen molar-refractivity contribution in [1.82, 2.24) is 0 Å². The number of carbonyl (C=O) groups is 3. The SMILES string of the molecule is O=C(O)CCCCCCCCC(=O)CCCCCC(=O)O. The normalized spacial score (nSPS) is 10.5. The lowest BCUT2D eigenvalue weighted by molar-refractivity contribution is -0.138. The highest BCUT2D eigenvalue weighted by Gasteiger charge is 2.03. The summed E-state index contributed by atoms with van der Waals surface area (Å²) in [5.41, 5.74) is 0. The molecule has 0 atom stereocenters. The third-order valence-electron chi connectivity index (χ3n) is 3.44. The van der Waals surface area contributed by atoms with Crippen molar-refractivity contribution in [3.05, 3.63) is 0 Å². The molecular formula is C16H28O5. The summed E-state index contributed by atoms with van der Waals surface area (Å²) >= 11 is 0. The summed E-state index contributed by atoms with van der Waals surface area (Å²) in [6, 6.07) is 0. The molecule has 0 aromatic heterocycles. The predicted molar refractivity (Wildman–Crippen MR) is 80.3 cm³/mol. The highest BCUT2D eigenvalue weighted by molar-refractivity contribution is 5.78. The minimum atomic E-state index is -0.773. The molecule has 0 radical (unpaired) electrons. The van der Waals surface area contributed by atoms with Crippen molar-refractivity contribution < 1.29 is 24.6 Å². The quantitative estimate of drug-likeness (QED) is 0.449. The fourth-order valence-corrected chi connectivity index (χ4v) is 2.21. The summed E-state index contributed by atoms with van der Waals surface area (Å²) in [7, 11) is 0. The van der Waals surface area contributed by atoms with E-state index in [-0.39, 0.29) is 18.6 Å². The fraction of sp³-hybridized carbons (Fsp3) is 0.812. The van der Waals surface area contributed by atoms with Crippen molar-refractivity contribution in [2.24, 2.45) is 0 Å². The van der Waals surface area contributed by atoms with Gasteiger partial charge in [0.05, 0.1) is 0 Å². The first-order valence-corrected chi connectivity index (χ1v) is 7.97. The molecule has 21 heavy (non-hydrogen) atoms. The highest BCUT2D eigenvalue weighted by atomic mass is 16.4. The molecule has 0 spiro atoms. The molecule has 0 aliphatic carbocycles. The Hall–Kier alpha value is -1.39. The molecular weight excluding hydrogens is 272 g/mol. The standard InChI is InChI=1S/C16H28O5/c17-14(11-7-5-9-13-16(20)21)10-6-3-1-2-4-8-12-15(18)19/h1-13H2,(H,18,19)(H,20,21). The average Bonchev–Trinajstić information content (AvgIpc) is 2.40. The Morgan fingerprint density at radius 1 is 0.476 bits per heavy atom. The molecule has 0 aromatic carbocycles. The lowest BCUT2D eigenvalue weighted by Crippen LogP contribution is -1.99. The number of hydrogen-bond acceptors (Lipinski definition) is 3. The van der Waals surface area contributed by atoms with Crippen LogP contribution >= 0.6 is 0 Å². The molecule has 5 nitrogen and oxygen atoms in total. The van der Waals surface area contributed by atoms with E-state index in [0.29, 0.717) is 19.3 Å². The van der Waals surface area contributed by atoms with Gasteiger partial charge in [-0.25, -0.2) is 0 Å². The van der Waals surface area contributed by atoms with Crippen LogP contribution in [0.1, 0.15) is 83.5 Å². The van der Waals surface area contributed by atoms with Gasteiger partial charge in [0.15, 0.2) is 0 Å². The Labute approximate surface area is 126 Å². The van der Waals surface area contributed by atoms with Gasteiger partial charge in [0.1, 0.15) is 5.78 Å². The molecule has 122 valence electrons. The summed E-state index contributed by atoms with van der Waals surface area (Å²) in [6.07, 6.45) is 9.60. The molecule has 0 rings (SSSR count). The van der Waals surface area contributed by atoms with Crippen LogP contribution in [0, 0.1) is 0 Å². The van der Waals surface area contributed by atoms with Gasteiger partial charge in [0.2, 0.25) is 0 Å². The second kappa shape index (κ2) is 13.6. The van der Waals surface area contributed by atoms with Crippen molar-refractivity contribution in [2.45, 2.75) is 83.5 Å². The minimum absolute atomic E-state index is 0.191. The Kier molecular flexibility index (Phi) is 12.7. The number of carboxylic acids is 2. The maximum Gasteiger partial charge on any atom is 0.303 e. The minimum Gasteiger partial charge on any atom is -0.481 e. The van der Waals surface area contributed by atoms with Crippen molar-refractivity contribution in [1.29, 1.82) is 0 Å². The molecule has 0 fully saturated rings. The van der Waals surface area contributed by atoms with E-state index < -0.39 is 11.9 Å². The van der Waals surface area contributed by atoms with Gasteiger partial charge in [-0.1, -0.05) is 32.1 Å². The van der Waals surface area contributed by atoms with Crippen LogP contribution in [0.25, 0.3) is 0 Å².